The summed E-state index contributed by atoms with van der Waals surface area (Å²) in [6, 6.07) is 11.5. The normalized spacial score (nSPS) is 14.7. The van der Waals surface area contributed by atoms with Crippen molar-refractivity contribution < 1.29 is 23.4 Å². The van der Waals surface area contributed by atoms with Crippen LogP contribution in [0.2, 0.25) is 0 Å². The summed E-state index contributed by atoms with van der Waals surface area (Å²) in [6.45, 7) is 5.87. The number of pyridine rings is 1. The van der Waals surface area contributed by atoms with Crippen LogP contribution in [0.3, 0.4) is 0 Å². The third kappa shape index (κ3) is 4.95. The molecule has 1 aliphatic heterocycles. The minimum Gasteiger partial charge on any atom is -0.490 e. The maximum absolute atomic E-state index is 15.9. The highest BCUT2D eigenvalue weighted by Crippen LogP contribution is 2.47. The number of benzene rings is 2. The first-order valence-corrected chi connectivity index (χ1v) is 15.2. The second-order valence-corrected chi connectivity index (χ2v) is 11.9. The van der Waals surface area contributed by atoms with E-state index in [1.165, 1.54) is 17.4 Å². The van der Waals surface area contributed by atoms with Gasteiger partial charge in [-0.05, 0) is 42.6 Å². The Bertz CT molecular complexity index is 2130. The molecule has 228 valence electrons. The van der Waals surface area contributed by atoms with Crippen molar-refractivity contribution in [1.82, 2.24) is 29.4 Å². The number of aromatic nitrogens is 5. The zero-order valence-electron chi connectivity index (χ0n) is 24.5. The summed E-state index contributed by atoms with van der Waals surface area (Å²) in [5, 5.41) is 22.5. The quantitative estimate of drug-likeness (QED) is 0.215. The summed E-state index contributed by atoms with van der Waals surface area (Å²) in [5.41, 5.74) is 4.40. The van der Waals surface area contributed by atoms with E-state index in [0.29, 0.717) is 40.4 Å². The number of aliphatic hydroxyl groups excluding tert-OH is 1. The van der Waals surface area contributed by atoms with Gasteiger partial charge in [0.1, 0.15) is 35.4 Å². The van der Waals surface area contributed by atoms with Crippen molar-refractivity contribution in [3.8, 4) is 39.5 Å². The number of fused-ring (bicyclic) bond motifs is 3. The number of amides is 1. The highest BCUT2D eigenvalue weighted by molar-refractivity contribution is 7.18. The molecule has 0 spiro atoms. The molecule has 1 unspecified atom stereocenters. The van der Waals surface area contributed by atoms with Crippen molar-refractivity contribution in [2.75, 3.05) is 19.8 Å². The summed E-state index contributed by atoms with van der Waals surface area (Å²) < 4.78 is 40.5. The van der Waals surface area contributed by atoms with Gasteiger partial charge >= 0.3 is 0 Å². The number of aliphatic hydroxyl groups is 1. The molecule has 0 saturated heterocycles. The van der Waals surface area contributed by atoms with Crippen LogP contribution < -0.4 is 4.74 Å². The highest BCUT2D eigenvalue weighted by Gasteiger charge is 2.30. The van der Waals surface area contributed by atoms with Crippen LogP contribution in [-0.4, -0.2) is 60.2 Å². The predicted octanol–water partition coefficient (Wildman–Crippen LogP) is 6.12. The van der Waals surface area contributed by atoms with E-state index in [0.717, 1.165) is 39.7 Å². The van der Waals surface area contributed by atoms with Crippen molar-refractivity contribution >= 4 is 38.2 Å². The van der Waals surface area contributed by atoms with Crippen molar-refractivity contribution in [2.24, 2.45) is 7.05 Å². The zero-order chi connectivity index (χ0) is 31.4. The smallest absolute Gasteiger partial charge is 0.246 e. The van der Waals surface area contributed by atoms with Crippen LogP contribution >= 0.6 is 11.3 Å². The van der Waals surface area contributed by atoms with Gasteiger partial charge in [0, 0.05) is 58.5 Å². The summed E-state index contributed by atoms with van der Waals surface area (Å²) in [7, 11) is 1.86. The lowest BCUT2D eigenvalue weighted by Crippen LogP contribution is -2.39. The molecule has 45 heavy (non-hydrogen) atoms. The van der Waals surface area contributed by atoms with Gasteiger partial charge in [-0.15, -0.1) is 11.3 Å². The number of carbonyl (C=O) groups is 1. The molecule has 12 heteroatoms. The summed E-state index contributed by atoms with van der Waals surface area (Å²) in [6.07, 6.45) is 3.22. The van der Waals surface area contributed by atoms with E-state index in [-0.39, 0.29) is 36.5 Å². The van der Waals surface area contributed by atoms with Crippen LogP contribution in [0.25, 0.3) is 54.8 Å². The monoisotopic (exact) mass is 626 g/mol. The lowest BCUT2D eigenvalue weighted by molar-refractivity contribution is -0.127. The first-order valence-electron chi connectivity index (χ1n) is 14.3. The molecular formula is C33H28F2N6O3S. The number of rotatable bonds is 7. The van der Waals surface area contributed by atoms with E-state index < -0.39 is 11.6 Å². The fourth-order valence-electron chi connectivity index (χ4n) is 6.02. The number of carbonyl (C=O) groups excluding carboxylic acids is 1. The number of hydrogen-bond donors (Lipinski definition) is 1. The lowest BCUT2D eigenvalue weighted by atomic mass is 9.96. The number of ether oxygens (including phenoxy) is 1. The lowest BCUT2D eigenvalue weighted by Gasteiger charge is -2.31. The van der Waals surface area contributed by atoms with Crippen LogP contribution in [0.4, 0.5) is 8.78 Å². The van der Waals surface area contributed by atoms with Crippen molar-refractivity contribution in [3.63, 3.8) is 0 Å². The van der Waals surface area contributed by atoms with E-state index >= 15 is 4.39 Å². The molecule has 2 aromatic carbocycles. The van der Waals surface area contributed by atoms with Crippen LogP contribution in [0.1, 0.15) is 18.7 Å². The van der Waals surface area contributed by atoms with Gasteiger partial charge in [0.15, 0.2) is 0 Å². The Labute approximate surface area is 260 Å². The second-order valence-electron chi connectivity index (χ2n) is 11.0. The number of hydrogen-bond acceptors (Lipinski definition) is 7. The molecule has 4 aromatic heterocycles. The third-order valence-corrected chi connectivity index (χ3v) is 8.85. The third-order valence-electron chi connectivity index (χ3n) is 7.91. The number of thiophene rings is 1. The number of nitrogens with zero attached hydrogens (tertiary/aromatic N) is 6. The van der Waals surface area contributed by atoms with Crippen LogP contribution in [-0.2, 0) is 18.4 Å². The number of aryl methyl sites for hydroxylation is 1. The van der Waals surface area contributed by atoms with Gasteiger partial charge in [-0.2, -0.15) is 10.2 Å². The van der Waals surface area contributed by atoms with Gasteiger partial charge in [-0.1, -0.05) is 12.6 Å². The Morgan fingerprint density at radius 1 is 1.16 bits per heavy atom. The minimum atomic E-state index is -0.828. The van der Waals surface area contributed by atoms with Gasteiger partial charge in [0.05, 0.1) is 41.7 Å². The molecule has 0 saturated carbocycles. The van der Waals surface area contributed by atoms with Crippen LogP contribution in [0.15, 0.2) is 66.7 Å². The Kier molecular flexibility index (Phi) is 7.17. The van der Waals surface area contributed by atoms with Gasteiger partial charge in [0.2, 0.25) is 5.91 Å². The fraction of sp³-hybridized carbons (Fsp3) is 0.212. The highest BCUT2D eigenvalue weighted by atomic mass is 32.1. The molecule has 1 amide bonds. The van der Waals surface area contributed by atoms with Crippen molar-refractivity contribution in [1.29, 1.82) is 0 Å². The van der Waals surface area contributed by atoms with Gasteiger partial charge in [0.25, 0.3) is 0 Å². The Morgan fingerprint density at radius 2 is 2.00 bits per heavy atom. The molecule has 7 rings (SSSR count). The van der Waals surface area contributed by atoms with E-state index in [1.807, 2.05) is 60.6 Å². The molecule has 6 aromatic rings. The van der Waals surface area contributed by atoms with E-state index in [1.54, 1.807) is 9.58 Å². The van der Waals surface area contributed by atoms with Crippen LogP contribution in [0.5, 0.6) is 5.75 Å². The van der Waals surface area contributed by atoms with E-state index in [9.17, 15) is 14.3 Å². The Hall–Kier alpha value is -4.94. The molecule has 0 bridgehead atoms. The zero-order valence-corrected chi connectivity index (χ0v) is 25.3. The molecule has 5 heterocycles. The first-order chi connectivity index (χ1) is 21.7. The van der Waals surface area contributed by atoms with Crippen LogP contribution in [0, 0.1) is 11.6 Å². The van der Waals surface area contributed by atoms with E-state index in [4.69, 9.17) is 14.8 Å². The standard InChI is InChI=1S/C33H28F2N6O3S/c1-4-28(43)40-15-18(2)41-22(17-40)14-26(38-41)32-30(29-24(35)12-21(34)13-27(29)44-9-8-42)33-23(7-10-45-33)31(36-32)19-5-6-25-20(11-19)16-39(3)37-25/h4-7,10-14,16,18,42H,1,8-9,15,17H2,2-3H3. The molecule has 1 atom stereocenters. The van der Waals surface area contributed by atoms with E-state index in [2.05, 4.69) is 11.7 Å². The summed E-state index contributed by atoms with van der Waals surface area (Å²) >= 11 is 1.40. The minimum absolute atomic E-state index is 0.0246. The molecule has 9 nitrogen and oxygen atoms in total. The van der Waals surface area contributed by atoms with Crippen molar-refractivity contribution in [2.45, 2.75) is 19.5 Å². The largest absolute Gasteiger partial charge is 0.490 e. The Morgan fingerprint density at radius 3 is 2.80 bits per heavy atom. The average Bonchev–Trinajstić information content (AvgIpc) is 3.76. The molecule has 0 aliphatic carbocycles. The summed E-state index contributed by atoms with van der Waals surface area (Å²) in [5.74, 6) is -1.86. The first kappa shape index (κ1) is 28.8. The fourth-order valence-corrected chi connectivity index (χ4v) is 6.97. The topological polar surface area (TPSA) is 98.3 Å². The Balaban J connectivity index is 1.51. The van der Waals surface area contributed by atoms with Gasteiger partial charge in [-0.25, -0.2) is 13.8 Å². The molecular weight excluding hydrogens is 598 g/mol. The average molecular weight is 627 g/mol. The second kappa shape index (κ2) is 11.2. The maximum Gasteiger partial charge on any atom is 0.246 e. The van der Waals surface area contributed by atoms with Gasteiger partial charge in [-0.3, -0.25) is 14.2 Å². The van der Waals surface area contributed by atoms with Gasteiger partial charge < -0.3 is 14.7 Å². The van der Waals surface area contributed by atoms with Crippen molar-refractivity contribution in [3.05, 3.63) is 84.0 Å². The molecule has 0 radical (unpaired) electrons. The summed E-state index contributed by atoms with van der Waals surface area (Å²) in [4.78, 5) is 19.4. The maximum atomic E-state index is 15.9. The SMILES string of the molecule is C=CC(=O)N1Cc2cc(-c3nc(-c4ccc5nn(C)cc5c4)c4ccsc4c3-c3c(F)cc(F)cc3OCCO)nn2C(C)C1. The predicted molar refractivity (Wildman–Crippen MR) is 169 cm³/mol. The number of halogens is 2. The molecule has 1 N–H and O–H groups in total. The molecule has 0 fully saturated rings. The molecule has 1 aliphatic rings.